The van der Waals surface area contributed by atoms with Crippen LogP contribution in [0.2, 0.25) is 0 Å². The number of esters is 1. The molecule has 1 heterocycles. The molecular formula is C18H18N2O4S. The molecule has 2 aromatic carbocycles. The molecule has 7 heteroatoms. The highest BCUT2D eigenvalue weighted by molar-refractivity contribution is 7.92. The van der Waals surface area contributed by atoms with Crippen LogP contribution in [0, 0.1) is 0 Å². The van der Waals surface area contributed by atoms with Gasteiger partial charge < -0.3 is 10.5 Å². The van der Waals surface area contributed by atoms with Crippen molar-refractivity contribution in [3.05, 3.63) is 59.7 Å². The summed E-state index contributed by atoms with van der Waals surface area (Å²) in [5.41, 5.74) is 7.58. The van der Waals surface area contributed by atoms with Crippen LogP contribution in [-0.4, -0.2) is 27.5 Å². The molecule has 2 N–H and O–H groups in total. The number of carbonyl (C=O) groups excluding carboxylic acids is 1. The van der Waals surface area contributed by atoms with Crippen LogP contribution in [0.3, 0.4) is 0 Å². The third-order valence-corrected chi connectivity index (χ3v) is 5.63. The predicted octanol–water partition coefficient (Wildman–Crippen LogP) is 2.42. The molecule has 0 spiro atoms. The highest BCUT2D eigenvalue weighted by Crippen LogP contribution is 2.33. The average Bonchev–Trinajstić information content (AvgIpc) is 2.61. The highest BCUT2D eigenvalue weighted by Gasteiger charge is 2.32. The van der Waals surface area contributed by atoms with Gasteiger partial charge in [0.15, 0.2) is 0 Å². The second-order valence-corrected chi connectivity index (χ2v) is 7.39. The minimum absolute atomic E-state index is 0.0808. The van der Waals surface area contributed by atoms with Crippen molar-refractivity contribution in [2.75, 3.05) is 23.2 Å². The Morgan fingerprint density at radius 3 is 2.52 bits per heavy atom. The molecule has 0 aliphatic carbocycles. The lowest BCUT2D eigenvalue weighted by molar-refractivity contribution is -0.138. The lowest BCUT2D eigenvalue weighted by atomic mass is 10.0. The summed E-state index contributed by atoms with van der Waals surface area (Å²) in [5.74, 6) is -0.519. The molecule has 0 aromatic heterocycles. The number of para-hydroxylation sites is 1. The standard InChI is InChI=1S/C18H18N2O4S/c1-2-24-18(21)14-11-13-5-3-4-6-17(13)20(12-14)25(22,23)16-9-7-15(19)8-10-16/h3-11H,2,12,19H2,1H3. The Balaban J connectivity index is 2.08. The maximum Gasteiger partial charge on any atom is 0.335 e. The van der Waals surface area contributed by atoms with Crippen LogP contribution in [0.25, 0.3) is 6.08 Å². The van der Waals surface area contributed by atoms with Gasteiger partial charge in [0.1, 0.15) is 0 Å². The predicted molar refractivity (Wildman–Crippen MR) is 96.4 cm³/mol. The van der Waals surface area contributed by atoms with Gasteiger partial charge in [-0.3, -0.25) is 4.31 Å². The third kappa shape index (κ3) is 3.23. The Bertz CT molecular complexity index is 934. The summed E-state index contributed by atoms with van der Waals surface area (Å²) in [7, 11) is -3.84. The van der Waals surface area contributed by atoms with Crippen LogP contribution in [0.1, 0.15) is 12.5 Å². The molecule has 6 nitrogen and oxygen atoms in total. The zero-order valence-electron chi connectivity index (χ0n) is 13.7. The normalized spacial score (nSPS) is 13.8. The summed E-state index contributed by atoms with van der Waals surface area (Å²) in [6.07, 6.45) is 1.67. The summed E-state index contributed by atoms with van der Waals surface area (Å²) >= 11 is 0. The van der Waals surface area contributed by atoms with Crippen LogP contribution < -0.4 is 10.0 Å². The summed E-state index contributed by atoms with van der Waals surface area (Å²) in [6, 6.07) is 13.0. The zero-order chi connectivity index (χ0) is 18.0. The van der Waals surface area contributed by atoms with Gasteiger partial charge in [0.05, 0.1) is 29.3 Å². The van der Waals surface area contributed by atoms with E-state index in [2.05, 4.69) is 0 Å². The Kier molecular flexibility index (Phi) is 4.50. The number of ether oxygens (including phenoxy) is 1. The van der Waals surface area contributed by atoms with E-state index < -0.39 is 16.0 Å². The van der Waals surface area contributed by atoms with E-state index in [9.17, 15) is 13.2 Å². The number of anilines is 2. The number of nitrogen functional groups attached to an aromatic ring is 1. The fraction of sp³-hybridized carbons (Fsp3) is 0.167. The van der Waals surface area contributed by atoms with E-state index in [0.717, 1.165) is 0 Å². The maximum absolute atomic E-state index is 13.1. The third-order valence-electron chi connectivity index (χ3n) is 3.85. The summed E-state index contributed by atoms with van der Waals surface area (Å²) in [5, 5.41) is 0. The van der Waals surface area contributed by atoms with Crippen molar-refractivity contribution in [2.45, 2.75) is 11.8 Å². The fourth-order valence-electron chi connectivity index (χ4n) is 2.64. The molecular weight excluding hydrogens is 340 g/mol. The van der Waals surface area contributed by atoms with E-state index in [4.69, 9.17) is 10.5 Å². The van der Waals surface area contributed by atoms with Crippen LogP contribution in [0.4, 0.5) is 11.4 Å². The van der Waals surface area contributed by atoms with E-state index in [1.165, 1.54) is 28.6 Å². The van der Waals surface area contributed by atoms with Crippen LogP contribution in [0.15, 0.2) is 59.0 Å². The highest BCUT2D eigenvalue weighted by atomic mass is 32.2. The molecule has 0 unspecified atom stereocenters. The van der Waals surface area contributed by atoms with E-state index in [1.807, 2.05) is 0 Å². The minimum Gasteiger partial charge on any atom is -0.463 e. The van der Waals surface area contributed by atoms with E-state index in [0.29, 0.717) is 22.5 Å². The number of nitrogens with zero attached hydrogens (tertiary/aromatic N) is 1. The van der Waals surface area contributed by atoms with Crippen molar-refractivity contribution in [3.63, 3.8) is 0 Å². The molecule has 1 aliphatic rings. The molecule has 0 radical (unpaired) electrons. The first-order valence-corrected chi connectivity index (χ1v) is 9.22. The number of carbonyl (C=O) groups is 1. The van der Waals surface area contributed by atoms with Crippen molar-refractivity contribution in [3.8, 4) is 0 Å². The Labute approximate surface area is 146 Å². The van der Waals surface area contributed by atoms with Gasteiger partial charge in [-0.2, -0.15) is 0 Å². The van der Waals surface area contributed by atoms with E-state index in [1.54, 1.807) is 37.3 Å². The molecule has 25 heavy (non-hydrogen) atoms. The molecule has 0 saturated carbocycles. The minimum atomic E-state index is -3.84. The molecule has 0 saturated heterocycles. The van der Waals surface area contributed by atoms with Gasteiger partial charge in [-0.25, -0.2) is 13.2 Å². The lowest BCUT2D eigenvalue weighted by Gasteiger charge is -2.30. The zero-order valence-corrected chi connectivity index (χ0v) is 14.5. The second kappa shape index (κ2) is 6.60. The number of hydrogen-bond donors (Lipinski definition) is 1. The topological polar surface area (TPSA) is 89.7 Å². The SMILES string of the molecule is CCOC(=O)C1=Cc2ccccc2N(S(=O)(=O)c2ccc(N)cc2)C1. The average molecular weight is 358 g/mol. The van der Waals surface area contributed by atoms with E-state index >= 15 is 0 Å². The van der Waals surface area contributed by atoms with Crippen molar-refractivity contribution in [1.82, 2.24) is 0 Å². The van der Waals surface area contributed by atoms with Crippen LogP contribution >= 0.6 is 0 Å². The Morgan fingerprint density at radius 1 is 1.16 bits per heavy atom. The molecule has 0 fully saturated rings. The quantitative estimate of drug-likeness (QED) is 0.670. The van der Waals surface area contributed by atoms with Crippen LogP contribution in [-0.2, 0) is 19.6 Å². The van der Waals surface area contributed by atoms with E-state index in [-0.39, 0.29) is 18.0 Å². The molecule has 3 rings (SSSR count). The molecule has 130 valence electrons. The first-order valence-electron chi connectivity index (χ1n) is 7.78. The summed E-state index contributed by atoms with van der Waals surface area (Å²) in [6.45, 7) is 1.85. The summed E-state index contributed by atoms with van der Waals surface area (Å²) in [4.78, 5) is 12.2. The van der Waals surface area contributed by atoms with Crippen molar-refractivity contribution < 1.29 is 17.9 Å². The Hall–Kier alpha value is -2.80. The van der Waals surface area contributed by atoms with Gasteiger partial charge in [0.2, 0.25) is 0 Å². The van der Waals surface area contributed by atoms with Gasteiger partial charge in [0.25, 0.3) is 10.0 Å². The first-order chi connectivity index (χ1) is 11.9. The fourth-order valence-corrected chi connectivity index (χ4v) is 4.11. The number of fused-ring (bicyclic) bond motifs is 1. The van der Waals surface area contributed by atoms with Gasteiger partial charge in [0, 0.05) is 5.69 Å². The van der Waals surface area contributed by atoms with Crippen molar-refractivity contribution in [1.29, 1.82) is 0 Å². The summed E-state index contributed by atoms with van der Waals surface area (Å²) < 4.78 is 32.4. The molecule has 0 bridgehead atoms. The largest absolute Gasteiger partial charge is 0.463 e. The number of benzene rings is 2. The molecule has 1 aliphatic heterocycles. The molecule has 2 aromatic rings. The monoisotopic (exact) mass is 358 g/mol. The molecule has 0 atom stereocenters. The van der Waals surface area contributed by atoms with Gasteiger partial charge in [-0.15, -0.1) is 0 Å². The van der Waals surface area contributed by atoms with Gasteiger partial charge in [-0.05, 0) is 48.9 Å². The van der Waals surface area contributed by atoms with Crippen molar-refractivity contribution in [2.24, 2.45) is 0 Å². The van der Waals surface area contributed by atoms with Gasteiger partial charge >= 0.3 is 5.97 Å². The Morgan fingerprint density at radius 2 is 1.84 bits per heavy atom. The van der Waals surface area contributed by atoms with Gasteiger partial charge in [-0.1, -0.05) is 18.2 Å². The maximum atomic E-state index is 13.1. The van der Waals surface area contributed by atoms with Crippen LogP contribution in [0.5, 0.6) is 0 Å². The number of sulfonamides is 1. The number of rotatable bonds is 4. The second-order valence-electron chi connectivity index (χ2n) is 5.53. The number of hydrogen-bond acceptors (Lipinski definition) is 5. The van der Waals surface area contributed by atoms with Crippen molar-refractivity contribution >= 4 is 33.4 Å². The smallest absolute Gasteiger partial charge is 0.335 e. The first kappa shape index (κ1) is 17.0. The lowest BCUT2D eigenvalue weighted by Crippen LogP contribution is -2.37. The number of nitrogens with two attached hydrogens (primary N) is 1. The molecule has 0 amide bonds.